The van der Waals surface area contributed by atoms with Gasteiger partial charge in [-0.2, -0.15) is 0 Å². The number of carbonyl (C=O) groups excluding carboxylic acids is 2. The summed E-state index contributed by atoms with van der Waals surface area (Å²) in [4.78, 5) is 30.2. The van der Waals surface area contributed by atoms with Gasteiger partial charge in [0.1, 0.15) is 0 Å². The molecule has 8 nitrogen and oxygen atoms in total. The molecule has 0 aliphatic carbocycles. The van der Waals surface area contributed by atoms with Crippen molar-refractivity contribution in [2.75, 3.05) is 39.9 Å². The summed E-state index contributed by atoms with van der Waals surface area (Å²) >= 11 is 0. The largest absolute Gasteiger partial charge is 0.503 e. The lowest BCUT2D eigenvalue weighted by Crippen LogP contribution is -2.34. The number of furan rings is 1. The van der Waals surface area contributed by atoms with Gasteiger partial charge < -0.3 is 28.8 Å². The van der Waals surface area contributed by atoms with Gasteiger partial charge in [-0.15, -0.1) is 0 Å². The second-order valence-corrected chi connectivity index (χ2v) is 8.11. The third-order valence-electron chi connectivity index (χ3n) is 6.03. The molecule has 34 heavy (non-hydrogen) atoms. The van der Waals surface area contributed by atoms with Gasteiger partial charge in [0.15, 0.2) is 23.0 Å². The van der Waals surface area contributed by atoms with E-state index in [1.54, 1.807) is 36.3 Å². The fourth-order valence-corrected chi connectivity index (χ4v) is 4.19. The highest BCUT2D eigenvalue weighted by atomic mass is 16.5. The minimum atomic E-state index is -0.768. The molecule has 0 spiro atoms. The topological polar surface area (TPSA) is 92.5 Å². The van der Waals surface area contributed by atoms with Crippen molar-refractivity contribution in [3.63, 3.8) is 0 Å². The Morgan fingerprint density at radius 3 is 2.56 bits per heavy atom. The molecule has 0 bridgehead atoms. The van der Waals surface area contributed by atoms with Crippen LogP contribution in [0.5, 0.6) is 11.5 Å². The third kappa shape index (κ3) is 5.28. The van der Waals surface area contributed by atoms with Crippen LogP contribution in [0, 0.1) is 0 Å². The van der Waals surface area contributed by atoms with Gasteiger partial charge in [0.2, 0.25) is 5.78 Å². The molecule has 0 unspecified atom stereocenters. The van der Waals surface area contributed by atoms with Gasteiger partial charge in [-0.05, 0) is 62.3 Å². The lowest BCUT2D eigenvalue weighted by molar-refractivity contribution is -0.129. The summed E-state index contributed by atoms with van der Waals surface area (Å²) < 4.78 is 16.6. The number of carbonyl (C=O) groups is 2. The average Bonchev–Trinajstić information content (AvgIpc) is 3.48. The quantitative estimate of drug-likeness (QED) is 0.434. The van der Waals surface area contributed by atoms with Crippen LogP contribution in [0.4, 0.5) is 0 Å². The van der Waals surface area contributed by atoms with Crippen LogP contribution >= 0.6 is 0 Å². The van der Waals surface area contributed by atoms with E-state index in [-0.39, 0.29) is 11.3 Å². The van der Waals surface area contributed by atoms with Gasteiger partial charge in [-0.3, -0.25) is 9.59 Å². The highest BCUT2D eigenvalue weighted by Crippen LogP contribution is 2.41. The van der Waals surface area contributed by atoms with Gasteiger partial charge in [-0.1, -0.05) is 26.8 Å². The van der Waals surface area contributed by atoms with E-state index in [9.17, 15) is 14.7 Å². The zero-order valence-corrected chi connectivity index (χ0v) is 20.4. The molecular weight excluding hydrogens is 436 g/mol. The van der Waals surface area contributed by atoms with E-state index >= 15 is 0 Å². The number of methoxy groups -OCH3 is 1. The summed E-state index contributed by atoms with van der Waals surface area (Å²) in [7, 11) is 1.54. The number of aliphatic hydroxyl groups is 1. The molecule has 0 radical (unpaired) electrons. The Bertz CT molecular complexity index is 1010. The Labute approximate surface area is 200 Å². The number of rotatable bonds is 13. The molecule has 184 valence electrons. The minimum absolute atomic E-state index is 0.00655. The van der Waals surface area contributed by atoms with E-state index in [2.05, 4.69) is 18.7 Å². The zero-order valence-electron chi connectivity index (χ0n) is 20.4. The fraction of sp³-hybridized carbons (Fsp3) is 0.462. The molecule has 1 aliphatic rings. The summed E-state index contributed by atoms with van der Waals surface area (Å²) in [5.74, 6) is -0.476. The van der Waals surface area contributed by atoms with E-state index in [0.717, 1.165) is 26.1 Å². The number of hydrogen-bond acceptors (Lipinski definition) is 7. The van der Waals surface area contributed by atoms with Crippen LogP contribution in [0.2, 0.25) is 0 Å². The van der Waals surface area contributed by atoms with E-state index in [1.165, 1.54) is 12.3 Å². The summed E-state index contributed by atoms with van der Waals surface area (Å²) in [6.07, 6.45) is 2.94. The highest BCUT2D eigenvalue weighted by Gasteiger charge is 2.44. The van der Waals surface area contributed by atoms with Crippen LogP contribution in [0.25, 0.3) is 0 Å². The second-order valence-electron chi connectivity index (χ2n) is 8.11. The first-order chi connectivity index (χ1) is 16.5. The van der Waals surface area contributed by atoms with Crippen molar-refractivity contribution >= 4 is 11.7 Å². The van der Waals surface area contributed by atoms with Crippen LogP contribution in [0.3, 0.4) is 0 Å². The van der Waals surface area contributed by atoms with Crippen LogP contribution in [-0.4, -0.2) is 66.5 Å². The number of amides is 1. The number of hydrogen-bond donors (Lipinski definition) is 1. The average molecular weight is 471 g/mol. The van der Waals surface area contributed by atoms with Gasteiger partial charge in [0, 0.05) is 6.54 Å². The number of ketones is 1. The Balaban J connectivity index is 1.98. The lowest BCUT2D eigenvalue weighted by atomic mass is 9.94. The van der Waals surface area contributed by atoms with Crippen LogP contribution in [0.15, 0.2) is 52.3 Å². The maximum absolute atomic E-state index is 13.3. The molecule has 1 amide bonds. The maximum Gasteiger partial charge on any atom is 0.290 e. The third-order valence-corrected chi connectivity index (χ3v) is 6.03. The van der Waals surface area contributed by atoms with E-state index in [1.807, 2.05) is 6.92 Å². The molecule has 0 saturated carbocycles. The van der Waals surface area contributed by atoms with E-state index in [4.69, 9.17) is 13.9 Å². The molecular formula is C26H34N2O6. The predicted molar refractivity (Wildman–Crippen MR) is 128 cm³/mol. The second kappa shape index (κ2) is 11.7. The van der Waals surface area contributed by atoms with Crippen molar-refractivity contribution in [3.8, 4) is 11.5 Å². The standard InChI is InChI=1S/C26H34N2O6/c1-5-15-33-19-12-11-18(17-21(19)32-4)23-22(24(29)20-10-8-16-34-20)25(30)26(31)28(23)14-9-13-27(6-2)7-3/h8,10-12,16-17,23,30H,5-7,9,13-15H2,1-4H3/t23-/m0/s1. The van der Waals surface area contributed by atoms with Crippen molar-refractivity contribution in [2.24, 2.45) is 0 Å². The number of benzene rings is 1. The minimum Gasteiger partial charge on any atom is -0.503 e. The molecule has 1 aromatic heterocycles. The molecule has 8 heteroatoms. The number of Topliss-reactive ketones (excluding diaryl/α,β-unsaturated/α-hetero) is 1. The van der Waals surface area contributed by atoms with Crippen molar-refractivity contribution < 1.29 is 28.6 Å². The van der Waals surface area contributed by atoms with Crippen LogP contribution in [0.1, 0.15) is 55.8 Å². The van der Waals surface area contributed by atoms with Gasteiger partial charge >= 0.3 is 0 Å². The lowest BCUT2D eigenvalue weighted by Gasteiger charge is -2.28. The maximum atomic E-state index is 13.3. The summed E-state index contributed by atoms with van der Waals surface area (Å²) in [6.45, 7) is 9.75. The number of ether oxygens (including phenoxy) is 2. The number of nitrogens with zero attached hydrogens (tertiary/aromatic N) is 2. The molecule has 0 saturated heterocycles. The SMILES string of the molecule is CCCOc1ccc([C@H]2C(C(=O)c3ccco3)=C(O)C(=O)N2CCCN(CC)CC)cc1OC. The molecule has 3 rings (SSSR count). The summed E-state index contributed by atoms with van der Waals surface area (Å²) in [5.41, 5.74) is 0.655. The Hall–Kier alpha value is -3.26. The first-order valence-electron chi connectivity index (χ1n) is 11.8. The first kappa shape index (κ1) is 25.4. The van der Waals surface area contributed by atoms with E-state index < -0.39 is 23.5 Å². The summed E-state index contributed by atoms with van der Waals surface area (Å²) in [6, 6.07) is 7.69. The molecule has 1 atom stereocenters. The predicted octanol–water partition coefficient (Wildman–Crippen LogP) is 4.39. The molecule has 1 N–H and O–H groups in total. The first-order valence-corrected chi connectivity index (χ1v) is 11.8. The molecule has 1 aromatic carbocycles. The fourth-order valence-electron chi connectivity index (χ4n) is 4.19. The van der Waals surface area contributed by atoms with Crippen LogP contribution in [-0.2, 0) is 4.79 Å². The van der Waals surface area contributed by atoms with Crippen molar-refractivity contribution in [1.82, 2.24) is 9.80 Å². The Morgan fingerprint density at radius 2 is 1.94 bits per heavy atom. The van der Waals surface area contributed by atoms with Crippen molar-refractivity contribution in [1.29, 1.82) is 0 Å². The van der Waals surface area contributed by atoms with E-state index in [0.29, 0.717) is 36.6 Å². The normalized spacial score (nSPS) is 16.0. The van der Waals surface area contributed by atoms with Crippen molar-refractivity contribution in [3.05, 3.63) is 59.3 Å². The van der Waals surface area contributed by atoms with Gasteiger partial charge in [-0.25, -0.2) is 0 Å². The molecule has 1 aliphatic heterocycles. The molecule has 2 heterocycles. The molecule has 2 aromatic rings. The number of aliphatic hydroxyl groups excluding tert-OH is 1. The van der Waals surface area contributed by atoms with Crippen LogP contribution < -0.4 is 9.47 Å². The Kier molecular flexibility index (Phi) is 8.76. The Morgan fingerprint density at radius 1 is 1.18 bits per heavy atom. The van der Waals surface area contributed by atoms with Crippen molar-refractivity contribution in [2.45, 2.75) is 39.7 Å². The van der Waals surface area contributed by atoms with Gasteiger partial charge in [0.25, 0.3) is 5.91 Å². The smallest absolute Gasteiger partial charge is 0.290 e. The summed E-state index contributed by atoms with van der Waals surface area (Å²) in [5, 5.41) is 10.8. The van der Waals surface area contributed by atoms with Gasteiger partial charge in [0.05, 0.1) is 31.6 Å². The zero-order chi connectivity index (χ0) is 24.7. The monoisotopic (exact) mass is 470 g/mol. The highest BCUT2D eigenvalue weighted by molar-refractivity contribution is 6.15. The molecule has 0 fully saturated rings.